The van der Waals surface area contributed by atoms with Gasteiger partial charge in [-0.05, 0) is 23.7 Å². The molecule has 4 nitrogen and oxygen atoms in total. The van der Waals surface area contributed by atoms with E-state index in [1.807, 2.05) is 0 Å². The number of halogens is 1. The van der Waals surface area contributed by atoms with Crippen LogP contribution >= 0.6 is 11.5 Å². The lowest BCUT2D eigenvalue weighted by Gasteiger charge is -2.02. The maximum atomic E-state index is 13.4. The molecule has 0 fully saturated rings. The Morgan fingerprint density at radius 2 is 2.29 bits per heavy atom. The molecule has 1 unspecified atom stereocenters. The van der Waals surface area contributed by atoms with Crippen LogP contribution in [0.4, 0.5) is 4.39 Å². The summed E-state index contributed by atoms with van der Waals surface area (Å²) in [5.41, 5.74) is 6.22. The molecule has 0 aliphatic rings. The van der Waals surface area contributed by atoms with E-state index in [0.29, 0.717) is 11.1 Å². The van der Waals surface area contributed by atoms with Gasteiger partial charge in [-0.2, -0.15) is 0 Å². The molecule has 2 aromatic heterocycles. The molecule has 0 aliphatic heterocycles. The van der Waals surface area contributed by atoms with Crippen molar-refractivity contribution in [2.24, 2.45) is 5.73 Å². The van der Waals surface area contributed by atoms with Crippen molar-refractivity contribution >= 4 is 22.5 Å². The third kappa shape index (κ3) is 1.71. The molecule has 2 heterocycles. The molecule has 3 aromatic rings. The Morgan fingerprint density at radius 3 is 3.00 bits per heavy atom. The fourth-order valence-corrected chi connectivity index (χ4v) is 2.17. The predicted molar refractivity (Wildman–Crippen MR) is 62.1 cm³/mol. The van der Waals surface area contributed by atoms with E-state index in [0.717, 1.165) is 4.88 Å². The topological polar surface area (TPSA) is 64.9 Å². The average molecular weight is 249 g/mol. The number of nitrogens with two attached hydrogens (primary N) is 1. The van der Waals surface area contributed by atoms with E-state index in [2.05, 4.69) is 9.59 Å². The minimum Gasteiger partial charge on any atom is -0.456 e. The van der Waals surface area contributed by atoms with Crippen molar-refractivity contribution in [1.82, 2.24) is 9.59 Å². The molecular weight excluding hydrogens is 241 g/mol. The van der Waals surface area contributed by atoms with Crippen molar-refractivity contribution in [3.05, 3.63) is 46.9 Å². The second-order valence-electron chi connectivity index (χ2n) is 3.60. The molecule has 0 spiro atoms. The molecule has 0 saturated carbocycles. The fraction of sp³-hybridized carbons (Fsp3) is 0.0909. The molecular formula is C11H8FN3OS. The Kier molecular flexibility index (Phi) is 2.38. The summed E-state index contributed by atoms with van der Waals surface area (Å²) in [6.07, 6.45) is 1.58. The SMILES string of the molecule is NC(c1cc2cccc(F)c2o1)c1cnns1. The Labute approximate surface area is 100 Å². The summed E-state index contributed by atoms with van der Waals surface area (Å²) in [4.78, 5) is 0.782. The van der Waals surface area contributed by atoms with Crippen LogP contribution in [0.2, 0.25) is 0 Å². The summed E-state index contributed by atoms with van der Waals surface area (Å²) in [7, 11) is 0. The zero-order valence-corrected chi connectivity index (χ0v) is 9.45. The number of hydrogen-bond donors (Lipinski definition) is 1. The van der Waals surface area contributed by atoms with Gasteiger partial charge in [0, 0.05) is 5.39 Å². The summed E-state index contributed by atoms with van der Waals surface area (Å²) in [6, 6.07) is 6.06. The molecule has 1 aromatic carbocycles. The van der Waals surface area contributed by atoms with Gasteiger partial charge in [0.25, 0.3) is 0 Å². The van der Waals surface area contributed by atoms with Gasteiger partial charge in [0.2, 0.25) is 0 Å². The number of benzene rings is 1. The number of hydrogen-bond acceptors (Lipinski definition) is 5. The van der Waals surface area contributed by atoms with E-state index in [1.165, 1.54) is 17.6 Å². The van der Waals surface area contributed by atoms with Gasteiger partial charge in [0.05, 0.1) is 11.1 Å². The first kappa shape index (κ1) is 10.4. The molecule has 0 bridgehead atoms. The van der Waals surface area contributed by atoms with E-state index >= 15 is 0 Å². The van der Waals surface area contributed by atoms with Gasteiger partial charge in [-0.15, -0.1) is 5.10 Å². The second-order valence-corrected chi connectivity index (χ2v) is 4.42. The van der Waals surface area contributed by atoms with Gasteiger partial charge in [-0.3, -0.25) is 0 Å². The molecule has 0 aliphatic carbocycles. The first-order chi connectivity index (χ1) is 8.25. The van der Waals surface area contributed by atoms with Crippen LogP contribution in [0.25, 0.3) is 11.0 Å². The van der Waals surface area contributed by atoms with Crippen molar-refractivity contribution in [2.45, 2.75) is 6.04 Å². The molecule has 0 amide bonds. The lowest BCUT2D eigenvalue weighted by molar-refractivity contribution is 0.504. The number of rotatable bonds is 2. The third-order valence-electron chi connectivity index (χ3n) is 2.51. The maximum Gasteiger partial charge on any atom is 0.169 e. The van der Waals surface area contributed by atoms with Crippen LogP contribution < -0.4 is 5.73 Å². The lowest BCUT2D eigenvalue weighted by Crippen LogP contribution is -2.08. The monoisotopic (exact) mass is 249 g/mol. The Balaban J connectivity index is 2.10. The molecule has 0 saturated heterocycles. The zero-order valence-electron chi connectivity index (χ0n) is 8.63. The highest BCUT2D eigenvalue weighted by molar-refractivity contribution is 7.05. The fourth-order valence-electron chi connectivity index (χ4n) is 1.65. The van der Waals surface area contributed by atoms with Gasteiger partial charge in [0.15, 0.2) is 11.4 Å². The summed E-state index contributed by atoms with van der Waals surface area (Å²) in [6.45, 7) is 0. The molecule has 86 valence electrons. The van der Waals surface area contributed by atoms with Gasteiger partial charge >= 0.3 is 0 Å². The Morgan fingerprint density at radius 1 is 1.41 bits per heavy atom. The Bertz CT molecular complexity index is 650. The van der Waals surface area contributed by atoms with Crippen LogP contribution in [0.15, 0.2) is 34.9 Å². The highest BCUT2D eigenvalue weighted by Gasteiger charge is 2.17. The number of aromatic nitrogens is 2. The van der Waals surface area contributed by atoms with E-state index in [-0.39, 0.29) is 11.4 Å². The van der Waals surface area contributed by atoms with Crippen LogP contribution in [0.5, 0.6) is 0 Å². The Hall–Kier alpha value is -1.79. The normalized spacial score (nSPS) is 13.1. The number of fused-ring (bicyclic) bond motifs is 1. The lowest BCUT2D eigenvalue weighted by atomic mass is 10.2. The molecule has 0 radical (unpaired) electrons. The highest BCUT2D eigenvalue weighted by atomic mass is 32.1. The largest absolute Gasteiger partial charge is 0.456 e. The van der Waals surface area contributed by atoms with Crippen molar-refractivity contribution in [3.8, 4) is 0 Å². The standard InChI is InChI=1S/C11H8FN3OS/c12-7-3-1-2-6-4-8(16-11(6)7)10(13)9-5-14-15-17-9/h1-5,10H,13H2. The van der Waals surface area contributed by atoms with Crippen molar-refractivity contribution in [2.75, 3.05) is 0 Å². The average Bonchev–Trinajstić information content (AvgIpc) is 2.98. The second kappa shape index (κ2) is 3.90. The van der Waals surface area contributed by atoms with E-state index in [9.17, 15) is 4.39 Å². The smallest absolute Gasteiger partial charge is 0.169 e. The minimum absolute atomic E-state index is 0.232. The number of nitrogens with zero attached hydrogens (tertiary/aromatic N) is 2. The zero-order chi connectivity index (χ0) is 11.8. The quantitative estimate of drug-likeness (QED) is 0.757. The van der Waals surface area contributed by atoms with Gasteiger partial charge in [-0.1, -0.05) is 16.6 Å². The van der Waals surface area contributed by atoms with Crippen LogP contribution in [-0.4, -0.2) is 9.59 Å². The van der Waals surface area contributed by atoms with Gasteiger partial charge in [0.1, 0.15) is 11.8 Å². The van der Waals surface area contributed by atoms with Crippen LogP contribution in [-0.2, 0) is 0 Å². The molecule has 17 heavy (non-hydrogen) atoms. The third-order valence-corrected chi connectivity index (χ3v) is 3.25. The first-order valence-corrected chi connectivity index (χ1v) is 5.74. The molecule has 6 heteroatoms. The van der Waals surface area contributed by atoms with E-state index in [1.54, 1.807) is 24.4 Å². The van der Waals surface area contributed by atoms with Crippen LogP contribution in [0.1, 0.15) is 16.7 Å². The summed E-state index contributed by atoms with van der Waals surface area (Å²) in [5, 5.41) is 4.41. The molecule has 2 N–H and O–H groups in total. The summed E-state index contributed by atoms with van der Waals surface area (Å²) in [5.74, 6) is 0.125. The number of furan rings is 1. The van der Waals surface area contributed by atoms with Crippen molar-refractivity contribution in [3.63, 3.8) is 0 Å². The van der Waals surface area contributed by atoms with Crippen LogP contribution in [0.3, 0.4) is 0 Å². The van der Waals surface area contributed by atoms with Gasteiger partial charge in [-0.25, -0.2) is 4.39 Å². The number of para-hydroxylation sites is 1. The van der Waals surface area contributed by atoms with E-state index in [4.69, 9.17) is 10.2 Å². The highest BCUT2D eigenvalue weighted by Crippen LogP contribution is 2.28. The van der Waals surface area contributed by atoms with Crippen LogP contribution in [0, 0.1) is 5.82 Å². The minimum atomic E-state index is -0.457. The first-order valence-electron chi connectivity index (χ1n) is 4.96. The maximum absolute atomic E-state index is 13.4. The molecule has 1 atom stereocenters. The summed E-state index contributed by atoms with van der Waals surface area (Å²) >= 11 is 1.20. The predicted octanol–water partition coefficient (Wildman–Crippen LogP) is 2.47. The molecule has 3 rings (SSSR count). The van der Waals surface area contributed by atoms with Crippen molar-refractivity contribution < 1.29 is 8.81 Å². The van der Waals surface area contributed by atoms with Crippen molar-refractivity contribution in [1.29, 1.82) is 0 Å². The van der Waals surface area contributed by atoms with E-state index < -0.39 is 6.04 Å². The van der Waals surface area contributed by atoms with Gasteiger partial charge < -0.3 is 10.2 Å². The summed E-state index contributed by atoms with van der Waals surface area (Å²) < 4.78 is 22.6.